The lowest BCUT2D eigenvalue weighted by Crippen LogP contribution is -2.18. The average molecular weight is 277 g/mol. The van der Waals surface area contributed by atoms with Crippen LogP contribution in [0.3, 0.4) is 0 Å². The van der Waals surface area contributed by atoms with Crippen LogP contribution < -0.4 is 5.32 Å². The van der Waals surface area contributed by atoms with Gasteiger partial charge in [0.15, 0.2) is 11.5 Å². The summed E-state index contributed by atoms with van der Waals surface area (Å²) in [5, 5.41) is 20.1. The molecule has 102 valence electrons. The number of carboxylic acid groups (broad SMARTS) is 1. The van der Waals surface area contributed by atoms with Crippen molar-refractivity contribution in [2.45, 2.75) is 0 Å². The second-order valence-corrected chi connectivity index (χ2v) is 3.68. The van der Waals surface area contributed by atoms with Gasteiger partial charge in [0, 0.05) is 18.5 Å². The van der Waals surface area contributed by atoms with E-state index >= 15 is 0 Å². The minimum absolute atomic E-state index is 0.294. The Bertz CT molecular complexity index is 690. The molecule has 0 saturated carbocycles. The maximum Gasteiger partial charge on any atom is 0.358 e. The van der Waals surface area contributed by atoms with Gasteiger partial charge in [0.1, 0.15) is 11.6 Å². The van der Waals surface area contributed by atoms with Crippen LogP contribution in [0.15, 0.2) is 30.6 Å². The quantitative estimate of drug-likeness (QED) is 0.778. The standard InChI is InChI=1S/C12H8FN3O4/c13-8-5-6(17)1-2-7(8)11(18)16-10-9(12(19)20)14-3-4-15-10/h1-5,17H,(H,19,20)(H,15,16,18). The van der Waals surface area contributed by atoms with Crippen LogP contribution in [0.2, 0.25) is 0 Å². The van der Waals surface area contributed by atoms with Crippen LogP contribution in [0.4, 0.5) is 10.2 Å². The van der Waals surface area contributed by atoms with Crippen LogP contribution in [0.25, 0.3) is 0 Å². The first kappa shape index (κ1) is 13.4. The van der Waals surface area contributed by atoms with E-state index in [0.717, 1.165) is 24.4 Å². The van der Waals surface area contributed by atoms with Crippen molar-refractivity contribution in [3.8, 4) is 5.75 Å². The Balaban J connectivity index is 2.30. The van der Waals surface area contributed by atoms with Crippen LogP contribution in [0.1, 0.15) is 20.8 Å². The molecule has 0 atom stereocenters. The molecule has 20 heavy (non-hydrogen) atoms. The zero-order valence-corrected chi connectivity index (χ0v) is 9.87. The molecule has 8 heteroatoms. The van der Waals surface area contributed by atoms with Gasteiger partial charge >= 0.3 is 5.97 Å². The Hall–Kier alpha value is -3.03. The van der Waals surface area contributed by atoms with Crippen LogP contribution in [-0.2, 0) is 0 Å². The van der Waals surface area contributed by atoms with Gasteiger partial charge in [-0.1, -0.05) is 0 Å². The van der Waals surface area contributed by atoms with Gasteiger partial charge in [0.2, 0.25) is 0 Å². The predicted molar refractivity (Wildman–Crippen MR) is 65.0 cm³/mol. The molecular weight excluding hydrogens is 269 g/mol. The van der Waals surface area contributed by atoms with Gasteiger partial charge in [-0.15, -0.1) is 0 Å². The van der Waals surface area contributed by atoms with E-state index in [1.807, 2.05) is 0 Å². The molecular formula is C12H8FN3O4. The number of nitrogens with zero attached hydrogens (tertiary/aromatic N) is 2. The monoisotopic (exact) mass is 277 g/mol. The summed E-state index contributed by atoms with van der Waals surface area (Å²) >= 11 is 0. The third-order valence-corrected chi connectivity index (χ3v) is 2.33. The topological polar surface area (TPSA) is 112 Å². The van der Waals surface area contributed by atoms with Gasteiger partial charge in [-0.3, -0.25) is 4.79 Å². The van der Waals surface area contributed by atoms with E-state index in [1.54, 1.807) is 0 Å². The summed E-state index contributed by atoms with van der Waals surface area (Å²) in [6.45, 7) is 0. The number of carbonyl (C=O) groups is 2. The number of carbonyl (C=O) groups excluding carboxylic acids is 1. The lowest BCUT2D eigenvalue weighted by atomic mass is 10.2. The van der Waals surface area contributed by atoms with Crippen LogP contribution in [-0.4, -0.2) is 32.1 Å². The molecule has 0 aliphatic heterocycles. The van der Waals surface area contributed by atoms with Crippen molar-refractivity contribution in [3.63, 3.8) is 0 Å². The van der Waals surface area contributed by atoms with E-state index in [-0.39, 0.29) is 17.1 Å². The molecule has 0 radical (unpaired) electrons. The van der Waals surface area contributed by atoms with Crippen LogP contribution in [0, 0.1) is 5.82 Å². The first-order chi connectivity index (χ1) is 9.49. The fraction of sp³-hybridized carbons (Fsp3) is 0. The maximum absolute atomic E-state index is 13.5. The molecule has 2 rings (SSSR count). The summed E-state index contributed by atoms with van der Waals surface area (Å²) in [5.41, 5.74) is -0.815. The number of carboxylic acids is 1. The number of hydrogen-bond donors (Lipinski definition) is 3. The molecule has 0 unspecified atom stereocenters. The van der Waals surface area contributed by atoms with Gasteiger partial charge in [-0.25, -0.2) is 19.2 Å². The molecule has 0 spiro atoms. The number of hydrogen-bond acceptors (Lipinski definition) is 5. The number of amides is 1. The van der Waals surface area contributed by atoms with Crippen molar-refractivity contribution in [1.82, 2.24) is 9.97 Å². The highest BCUT2D eigenvalue weighted by molar-refractivity contribution is 6.06. The number of anilines is 1. The number of nitrogens with one attached hydrogen (secondary N) is 1. The lowest BCUT2D eigenvalue weighted by Gasteiger charge is -2.07. The summed E-state index contributed by atoms with van der Waals surface area (Å²) in [7, 11) is 0. The summed E-state index contributed by atoms with van der Waals surface area (Å²) in [6, 6.07) is 2.97. The van der Waals surface area contributed by atoms with Gasteiger partial charge in [0.25, 0.3) is 5.91 Å². The summed E-state index contributed by atoms with van der Waals surface area (Å²) in [4.78, 5) is 29.9. The molecule has 0 aliphatic rings. The second-order valence-electron chi connectivity index (χ2n) is 3.68. The average Bonchev–Trinajstić information content (AvgIpc) is 2.38. The fourth-order valence-electron chi connectivity index (χ4n) is 1.45. The first-order valence-corrected chi connectivity index (χ1v) is 5.33. The van der Waals surface area contributed by atoms with E-state index in [4.69, 9.17) is 10.2 Å². The number of rotatable bonds is 3. The second kappa shape index (κ2) is 5.31. The highest BCUT2D eigenvalue weighted by Crippen LogP contribution is 2.17. The molecule has 0 fully saturated rings. The molecule has 0 aliphatic carbocycles. The maximum atomic E-state index is 13.5. The minimum Gasteiger partial charge on any atom is -0.508 e. The predicted octanol–water partition coefficient (Wildman–Crippen LogP) is 1.27. The number of halogens is 1. The normalized spacial score (nSPS) is 10.1. The molecule has 0 saturated heterocycles. The van der Waals surface area contributed by atoms with E-state index in [0.29, 0.717) is 0 Å². The number of benzene rings is 1. The number of phenolic OH excluding ortho intramolecular Hbond substituents is 1. The van der Waals surface area contributed by atoms with Gasteiger partial charge in [-0.05, 0) is 12.1 Å². The zero-order valence-electron chi connectivity index (χ0n) is 9.87. The Morgan fingerprint density at radius 2 is 1.90 bits per heavy atom. The molecule has 1 heterocycles. The van der Waals surface area contributed by atoms with Gasteiger partial charge < -0.3 is 15.5 Å². The number of aromatic hydroxyl groups is 1. The van der Waals surface area contributed by atoms with Crippen LogP contribution >= 0.6 is 0 Å². The molecule has 7 nitrogen and oxygen atoms in total. The molecule has 1 amide bonds. The van der Waals surface area contributed by atoms with Crippen molar-refractivity contribution < 1.29 is 24.2 Å². The van der Waals surface area contributed by atoms with Crippen molar-refractivity contribution >= 4 is 17.7 Å². The highest BCUT2D eigenvalue weighted by Gasteiger charge is 2.18. The van der Waals surface area contributed by atoms with E-state index in [9.17, 15) is 14.0 Å². The van der Waals surface area contributed by atoms with Crippen molar-refractivity contribution in [2.24, 2.45) is 0 Å². The van der Waals surface area contributed by atoms with Crippen molar-refractivity contribution in [2.75, 3.05) is 5.32 Å². The Morgan fingerprint density at radius 3 is 2.55 bits per heavy atom. The first-order valence-electron chi connectivity index (χ1n) is 5.33. The zero-order chi connectivity index (χ0) is 14.7. The molecule has 0 bridgehead atoms. The summed E-state index contributed by atoms with van der Waals surface area (Å²) in [5.74, 6) is -3.84. The molecule has 2 aromatic rings. The number of phenols is 1. The van der Waals surface area contributed by atoms with Crippen molar-refractivity contribution in [1.29, 1.82) is 0 Å². The van der Waals surface area contributed by atoms with E-state index in [2.05, 4.69) is 15.3 Å². The minimum atomic E-state index is -1.38. The Kier molecular flexibility index (Phi) is 3.56. The third kappa shape index (κ3) is 2.69. The lowest BCUT2D eigenvalue weighted by molar-refractivity contribution is 0.0691. The largest absolute Gasteiger partial charge is 0.508 e. The number of aromatic carboxylic acids is 1. The molecule has 1 aromatic heterocycles. The summed E-state index contributed by atoms with van der Waals surface area (Å²) < 4.78 is 13.5. The SMILES string of the molecule is O=C(Nc1nccnc1C(=O)O)c1ccc(O)cc1F. The Morgan fingerprint density at radius 1 is 1.20 bits per heavy atom. The van der Waals surface area contributed by atoms with Gasteiger partial charge in [-0.2, -0.15) is 0 Å². The molecule has 1 aromatic carbocycles. The van der Waals surface area contributed by atoms with Crippen LogP contribution in [0.5, 0.6) is 5.75 Å². The molecule has 3 N–H and O–H groups in total. The van der Waals surface area contributed by atoms with Crippen molar-refractivity contribution in [3.05, 3.63) is 47.7 Å². The summed E-state index contributed by atoms with van der Waals surface area (Å²) in [6.07, 6.45) is 2.34. The smallest absolute Gasteiger partial charge is 0.358 e. The Labute approximate surface area is 111 Å². The van der Waals surface area contributed by atoms with E-state index in [1.165, 1.54) is 6.20 Å². The fourth-order valence-corrected chi connectivity index (χ4v) is 1.45. The number of aromatic nitrogens is 2. The highest BCUT2D eigenvalue weighted by atomic mass is 19.1. The third-order valence-electron chi connectivity index (χ3n) is 2.33. The van der Waals surface area contributed by atoms with Gasteiger partial charge in [0.05, 0.1) is 5.56 Å². The van der Waals surface area contributed by atoms with E-state index < -0.39 is 23.4 Å².